The number of pyridine rings is 1. The molecule has 0 unspecified atom stereocenters. The molecule has 0 radical (unpaired) electrons. The Hall–Kier alpha value is -1.43. The van der Waals surface area contributed by atoms with E-state index in [-0.39, 0.29) is 0 Å². The number of benzene rings is 1. The van der Waals surface area contributed by atoms with Crippen molar-refractivity contribution in [3.05, 3.63) is 58.2 Å². The highest BCUT2D eigenvalue weighted by Crippen LogP contribution is 2.18. The smallest absolute Gasteiger partial charge is 0.140 e. The summed E-state index contributed by atoms with van der Waals surface area (Å²) in [5.41, 5.74) is 4.82. The maximum absolute atomic E-state index is 5.36. The minimum atomic E-state index is 0.687. The number of aromatic nitrogens is 1. The minimum absolute atomic E-state index is 0.687. The lowest BCUT2D eigenvalue weighted by atomic mass is 10.2. The van der Waals surface area contributed by atoms with Crippen molar-refractivity contribution in [2.24, 2.45) is 5.84 Å². The molecule has 4 nitrogen and oxygen atoms in total. The molecule has 19 heavy (non-hydrogen) atoms. The van der Waals surface area contributed by atoms with Crippen molar-refractivity contribution in [3.8, 4) is 0 Å². The molecule has 1 aromatic carbocycles. The molecule has 100 valence electrons. The molecule has 0 aliphatic heterocycles. The average Bonchev–Trinajstić information content (AvgIpc) is 2.41. The molecule has 1 heterocycles. The number of nitrogens with zero attached hydrogens (tertiary/aromatic N) is 2. The van der Waals surface area contributed by atoms with Crippen LogP contribution in [0.25, 0.3) is 0 Å². The van der Waals surface area contributed by atoms with Gasteiger partial charge >= 0.3 is 0 Å². The van der Waals surface area contributed by atoms with Gasteiger partial charge in [0.25, 0.3) is 0 Å². The van der Waals surface area contributed by atoms with Gasteiger partial charge in [0.2, 0.25) is 0 Å². The van der Waals surface area contributed by atoms with Crippen LogP contribution in [0.15, 0.2) is 46.9 Å². The highest BCUT2D eigenvalue weighted by atomic mass is 79.9. The Kier molecular flexibility index (Phi) is 4.90. The standard InChI is InChI=1S/C14H17BrN4/c1-19(9-11-5-2-3-7-13(11)15)10-12-6-4-8-14(17-12)18-16/h2-8H,9-10,16H2,1H3,(H,17,18). The number of anilines is 1. The van der Waals surface area contributed by atoms with Crippen LogP contribution in [-0.4, -0.2) is 16.9 Å². The zero-order chi connectivity index (χ0) is 13.7. The second kappa shape index (κ2) is 6.65. The molecule has 0 spiro atoms. The van der Waals surface area contributed by atoms with Crippen LogP contribution in [0.4, 0.5) is 5.82 Å². The highest BCUT2D eigenvalue weighted by molar-refractivity contribution is 9.10. The molecule has 5 heteroatoms. The fourth-order valence-electron chi connectivity index (χ4n) is 1.90. The van der Waals surface area contributed by atoms with Crippen molar-refractivity contribution >= 4 is 21.7 Å². The summed E-state index contributed by atoms with van der Waals surface area (Å²) in [7, 11) is 2.07. The summed E-state index contributed by atoms with van der Waals surface area (Å²) in [5, 5.41) is 0. The minimum Gasteiger partial charge on any atom is -0.308 e. The normalized spacial score (nSPS) is 10.7. The molecule has 3 N–H and O–H groups in total. The van der Waals surface area contributed by atoms with Crippen molar-refractivity contribution in [3.63, 3.8) is 0 Å². The second-order valence-electron chi connectivity index (χ2n) is 4.42. The number of rotatable bonds is 5. The van der Waals surface area contributed by atoms with Crippen LogP contribution in [0.2, 0.25) is 0 Å². The van der Waals surface area contributed by atoms with Crippen LogP contribution in [-0.2, 0) is 13.1 Å². The van der Waals surface area contributed by atoms with Gasteiger partial charge in [-0.2, -0.15) is 0 Å². The average molecular weight is 321 g/mol. The van der Waals surface area contributed by atoms with E-state index in [1.54, 1.807) is 0 Å². The van der Waals surface area contributed by atoms with Gasteiger partial charge in [-0.1, -0.05) is 40.2 Å². The molecule has 0 saturated carbocycles. The van der Waals surface area contributed by atoms with Crippen molar-refractivity contribution in [1.82, 2.24) is 9.88 Å². The monoisotopic (exact) mass is 320 g/mol. The maximum atomic E-state index is 5.36. The first-order valence-electron chi connectivity index (χ1n) is 6.03. The van der Waals surface area contributed by atoms with Crippen molar-refractivity contribution in [1.29, 1.82) is 0 Å². The third kappa shape index (κ3) is 4.02. The summed E-state index contributed by atoms with van der Waals surface area (Å²) in [6.45, 7) is 1.64. The van der Waals surface area contributed by atoms with Gasteiger partial charge in [0.05, 0.1) is 5.69 Å². The largest absolute Gasteiger partial charge is 0.308 e. The molecule has 0 aliphatic carbocycles. The zero-order valence-corrected chi connectivity index (χ0v) is 12.4. The quantitative estimate of drug-likeness (QED) is 0.657. The predicted octanol–water partition coefficient (Wildman–Crippen LogP) is 2.76. The van der Waals surface area contributed by atoms with Crippen molar-refractivity contribution in [2.75, 3.05) is 12.5 Å². The van der Waals surface area contributed by atoms with E-state index in [0.717, 1.165) is 23.3 Å². The summed E-state index contributed by atoms with van der Waals surface area (Å²) < 4.78 is 1.13. The number of nitrogens with two attached hydrogens (primary N) is 1. The molecule has 0 aliphatic rings. The number of hydrogen-bond acceptors (Lipinski definition) is 4. The number of nitrogen functional groups attached to an aromatic ring is 1. The highest BCUT2D eigenvalue weighted by Gasteiger charge is 2.05. The lowest BCUT2D eigenvalue weighted by Crippen LogP contribution is -2.19. The Morgan fingerprint density at radius 3 is 2.68 bits per heavy atom. The van der Waals surface area contributed by atoms with E-state index in [1.807, 2.05) is 30.3 Å². The molecule has 0 saturated heterocycles. The molecular formula is C14H17BrN4. The number of halogens is 1. The zero-order valence-electron chi connectivity index (χ0n) is 10.8. The number of hydrazine groups is 1. The fraction of sp³-hybridized carbons (Fsp3) is 0.214. The Morgan fingerprint density at radius 1 is 1.16 bits per heavy atom. The van der Waals surface area contributed by atoms with Crippen LogP contribution < -0.4 is 11.3 Å². The first kappa shape index (κ1) is 14.0. The van der Waals surface area contributed by atoms with E-state index in [9.17, 15) is 0 Å². The first-order chi connectivity index (χ1) is 9.19. The van der Waals surface area contributed by atoms with Crippen LogP contribution >= 0.6 is 15.9 Å². The molecule has 0 bridgehead atoms. The molecule has 1 aromatic heterocycles. The van der Waals surface area contributed by atoms with Gasteiger partial charge in [-0.15, -0.1) is 0 Å². The lowest BCUT2D eigenvalue weighted by Gasteiger charge is -2.17. The summed E-state index contributed by atoms with van der Waals surface area (Å²) >= 11 is 3.56. The lowest BCUT2D eigenvalue weighted by molar-refractivity contribution is 0.314. The van der Waals surface area contributed by atoms with Crippen molar-refractivity contribution in [2.45, 2.75) is 13.1 Å². The van der Waals surface area contributed by atoms with Crippen LogP contribution in [0.3, 0.4) is 0 Å². The molecule has 0 fully saturated rings. The van der Waals surface area contributed by atoms with E-state index in [2.05, 4.69) is 50.4 Å². The predicted molar refractivity (Wildman–Crippen MR) is 81.4 cm³/mol. The van der Waals surface area contributed by atoms with E-state index >= 15 is 0 Å². The van der Waals surface area contributed by atoms with Crippen LogP contribution in [0.5, 0.6) is 0 Å². The Labute approximate surface area is 121 Å². The third-order valence-corrected chi connectivity index (χ3v) is 3.56. The van der Waals surface area contributed by atoms with Gasteiger partial charge in [-0.3, -0.25) is 4.90 Å². The van der Waals surface area contributed by atoms with Crippen LogP contribution in [0.1, 0.15) is 11.3 Å². The number of hydrogen-bond donors (Lipinski definition) is 2. The van der Waals surface area contributed by atoms with E-state index in [0.29, 0.717) is 5.82 Å². The van der Waals surface area contributed by atoms with Gasteiger partial charge in [0.1, 0.15) is 5.82 Å². The Bertz CT molecular complexity index is 544. The van der Waals surface area contributed by atoms with Crippen molar-refractivity contribution < 1.29 is 0 Å². The van der Waals surface area contributed by atoms with Gasteiger partial charge in [-0.05, 0) is 30.8 Å². The summed E-state index contributed by atoms with van der Waals surface area (Å²) in [5.74, 6) is 6.05. The molecule has 2 rings (SSSR count). The molecule has 0 amide bonds. The topological polar surface area (TPSA) is 54.2 Å². The van der Waals surface area contributed by atoms with E-state index in [1.165, 1.54) is 5.56 Å². The van der Waals surface area contributed by atoms with E-state index < -0.39 is 0 Å². The van der Waals surface area contributed by atoms with E-state index in [4.69, 9.17) is 5.84 Å². The first-order valence-corrected chi connectivity index (χ1v) is 6.83. The Balaban J connectivity index is 2.01. The summed E-state index contributed by atoms with van der Waals surface area (Å²) in [6.07, 6.45) is 0. The molecule has 2 aromatic rings. The summed E-state index contributed by atoms with van der Waals surface area (Å²) in [4.78, 5) is 6.62. The summed E-state index contributed by atoms with van der Waals surface area (Å²) in [6, 6.07) is 14.0. The fourth-order valence-corrected chi connectivity index (χ4v) is 2.31. The van der Waals surface area contributed by atoms with Gasteiger partial charge in [-0.25, -0.2) is 10.8 Å². The SMILES string of the molecule is CN(Cc1cccc(NN)n1)Cc1ccccc1Br. The van der Waals surface area contributed by atoms with Gasteiger partial charge < -0.3 is 5.43 Å². The maximum Gasteiger partial charge on any atom is 0.140 e. The number of nitrogens with one attached hydrogen (secondary N) is 1. The van der Waals surface area contributed by atoms with Gasteiger partial charge in [0, 0.05) is 17.6 Å². The van der Waals surface area contributed by atoms with Gasteiger partial charge in [0.15, 0.2) is 0 Å². The van der Waals surface area contributed by atoms with Crippen LogP contribution in [0, 0.1) is 0 Å². The molecule has 0 atom stereocenters. The third-order valence-electron chi connectivity index (χ3n) is 2.78. The second-order valence-corrected chi connectivity index (χ2v) is 5.28. The Morgan fingerprint density at radius 2 is 1.95 bits per heavy atom. The molecular weight excluding hydrogens is 304 g/mol.